The summed E-state index contributed by atoms with van der Waals surface area (Å²) in [6, 6.07) is 19.3. The molecule has 132 valence electrons. The minimum Gasteiger partial charge on any atom is -0.494 e. The lowest BCUT2D eigenvalue weighted by molar-refractivity contribution is 0.0951. The largest absolute Gasteiger partial charge is 0.494 e. The zero-order valence-electron chi connectivity index (χ0n) is 14.8. The standard InChI is InChI=1S/C22H22N2O2/c1-2-14-26-21-5-3-4-17(15-21)16-24-22(25)20-8-6-18(7-9-20)19-10-12-23-13-11-19/h3-13,15H,2,14,16H2,1H3,(H,24,25). The SMILES string of the molecule is CCCOc1cccc(CNC(=O)c2ccc(-c3ccncc3)cc2)c1. The second kappa shape index (κ2) is 8.81. The van der Waals surface area contributed by atoms with Crippen molar-refractivity contribution in [1.29, 1.82) is 0 Å². The molecule has 0 spiro atoms. The molecule has 0 saturated carbocycles. The van der Waals surface area contributed by atoms with Gasteiger partial charge in [0.1, 0.15) is 5.75 Å². The van der Waals surface area contributed by atoms with Crippen molar-refractivity contribution in [2.75, 3.05) is 6.61 Å². The molecule has 4 heteroatoms. The summed E-state index contributed by atoms with van der Waals surface area (Å²) < 4.78 is 5.63. The predicted octanol–water partition coefficient (Wildman–Crippen LogP) is 4.47. The first-order valence-electron chi connectivity index (χ1n) is 8.76. The average molecular weight is 346 g/mol. The Kier molecular flexibility index (Phi) is 5.99. The van der Waals surface area contributed by atoms with E-state index in [0.29, 0.717) is 18.7 Å². The number of ether oxygens (including phenoxy) is 1. The van der Waals surface area contributed by atoms with Crippen LogP contribution in [-0.2, 0) is 6.54 Å². The van der Waals surface area contributed by atoms with Crippen LogP contribution >= 0.6 is 0 Å². The smallest absolute Gasteiger partial charge is 0.251 e. The van der Waals surface area contributed by atoms with Crippen LogP contribution in [0.5, 0.6) is 5.75 Å². The molecule has 0 fully saturated rings. The molecule has 0 radical (unpaired) electrons. The highest BCUT2D eigenvalue weighted by Crippen LogP contribution is 2.19. The van der Waals surface area contributed by atoms with Crippen LogP contribution in [-0.4, -0.2) is 17.5 Å². The minimum absolute atomic E-state index is 0.0915. The number of amides is 1. The Bertz CT molecular complexity index is 846. The van der Waals surface area contributed by atoms with Crippen molar-refractivity contribution in [3.8, 4) is 16.9 Å². The van der Waals surface area contributed by atoms with Crippen LogP contribution in [0.25, 0.3) is 11.1 Å². The zero-order valence-corrected chi connectivity index (χ0v) is 14.8. The highest BCUT2D eigenvalue weighted by Gasteiger charge is 2.06. The first kappa shape index (κ1) is 17.7. The number of hydrogen-bond acceptors (Lipinski definition) is 3. The molecule has 1 aromatic heterocycles. The van der Waals surface area contributed by atoms with Gasteiger partial charge >= 0.3 is 0 Å². The lowest BCUT2D eigenvalue weighted by Gasteiger charge is -2.09. The number of benzene rings is 2. The van der Waals surface area contributed by atoms with E-state index in [0.717, 1.165) is 28.9 Å². The van der Waals surface area contributed by atoms with E-state index in [1.54, 1.807) is 12.4 Å². The van der Waals surface area contributed by atoms with E-state index >= 15 is 0 Å². The number of aromatic nitrogens is 1. The summed E-state index contributed by atoms with van der Waals surface area (Å²) in [5, 5.41) is 2.95. The average Bonchev–Trinajstić information content (AvgIpc) is 2.71. The molecule has 1 N–H and O–H groups in total. The molecule has 3 rings (SSSR count). The van der Waals surface area contributed by atoms with Crippen LogP contribution in [0.1, 0.15) is 29.3 Å². The summed E-state index contributed by atoms with van der Waals surface area (Å²) >= 11 is 0. The molecule has 3 aromatic rings. The first-order chi connectivity index (χ1) is 12.8. The molecule has 0 aliphatic carbocycles. The summed E-state index contributed by atoms with van der Waals surface area (Å²) in [6.45, 7) is 3.23. The van der Waals surface area contributed by atoms with Gasteiger partial charge < -0.3 is 10.1 Å². The fourth-order valence-electron chi connectivity index (χ4n) is 2.61. The minimum atomic E-state index is -0.0915. The Morgan fingerprint density at radius 1 is 1.00 bits per heavy atom. The van der Waals surface area contributed by atoms with Gasteiger partial charge in [-0.1, -0.05) is 31.2 Å². The van der Waals surface area contributed by atoms with Gasteiger partial charge in [0, 0.05) is 24.5 Å². The third kappa shape index (κ3) is 4.70. The van der Waals surface area contributed by atoms with Crippen LogP contribution in [0, 0.1) is 0 Å². The van der Waals surface area contributed by atoms with Gasteiger partial charge in [0.05, 0.1) is 6.61 Å². The van der Waals surface area contributed by atoms with Crippen molar-refractivity contribution in [1.82, 2.24) is 10.3 Å². The molecule has 1 heterocycles. The number of pyridine rings is 1. The van der Waals surface area contributed by atoms with Crippen LogP contribution in [0.15, 0.2) is 73.1 Å². The second-order valence-electron chi connectivity index (χ2n) is 5.99. The Morgan fingerprint density at radius 2 is 1.73 bits per heavy atom. The molecule has 0 bridgehead atoms. The molecule has 0 aliphatic rings. The van der Waals surface area contributed by atoms with Gasteiger partial charge in [-0.05, 0) is 59.5 Å². The van der Waals surface area contributed by atoms with Crippen LogP contribution < -0.4 is 10.1 Å². The maximum absolute atomic E-state index is 12.4. The van der Waals surface area contributed by atoms with Gasteiger partial charge in [0.25, 0.3) is 5.91 Å². The molecular formula is C22H22N2O2. The van der Waals surface area contributed by atoms with E-state index < -0.39 is 0 Å². The molecule has 0 aliphatic heterocycles. The summed E-state index contributed by atoms with van der Waals surface area (Å²) in [6.07, 6.45) is 4.49. The third-order valence-corrected chi connectivity index (χ3v) is 3.99. The first-order valence-corrected chi connectivity index (χ1v) is 8.76. The van der Waals surface area contributed by atoms with Crippen molar-refractivity contribution < 1.29 is 9.53 Å². The summed E-state index contributed by atoms with van der Waals surface area (Å²) in [5.41, 5.74) is 3.79. The van der Waals surface area contributed by atoms with E-state index in [-0.39, 0.29) is 5.91 Å². The monoisotopic (exact) mass is 346 g/mol. The van der Waals surface area contributed by atoms with Crippen molar-refractivity contribution in [2.45, 2.75) is 19.9 Å². The molecular weight excluding hydrogens is 324 g/mol. The van der Waals surface area contributed by atoms with Crippen molar-refractivity contribution >= 4 is 5.91 Å². The molecule has 0 atom stereocenters. The lowest BCUT2D eigenvalue weighted by atomic mass is 10.0. The van der Waals surface area contributed by atoms with E-state index in [1.165, 1.54) is 0 Å². The number of nitrogens with zero attached hydrogens (tertiary/aromatic N) is 1. The maximum Gasteiger partial charge on any atom is 0.251 e. The fourth-order valence-corrected chi connectivity index (χ4v) is 2.61. The number of nitrogens with one attached hydrogen (secondary N) is 1. The normalized spacial score (nSPS) is 10.3. The van der Waals surface area contributed by atoms with Crippen molar-refractivity contribution in [3.63, 3.8) is 0 Å². The Hall–Kier alpha value is -3.14. The van der Waals surface area contributed by atoms with Gasteiger partial charge in [-0.3, -0.25) is 9.78 Å². The fraction of sp³-hybridized carbons (Fsp3) is 0.182. The number of rotatable bonds is 7. The van der Waals surface area contributed by atoms with E-state index in [9.17, 15) is 4.79 Å². The second-order valence-corrected chi connectivity index (χ2v) is 5.99. The quantitative estimate of drug-likeness (QED) is 0.687. The number of carbonyl (C=O) groups is 1. The van der Waals surface area contributed by atoms with E-state index in [4.69, 9.17) is 4.74 Å². The van der Waals surface area contributed by atoms with Crippen LogP contribution in [0.3, 0.4) is 0 Å². The molecule has 26 heavy (non-hydrogen) atoms. The third-order valence-electron chi connectivity index (χ3n) is 3.99. The summed E-state index contributed by atoms with van der Waals surface area (Å²) in [5.74, 6) is 0.742. The molecule has 1 amide bonds. The van der Waals surface area contributed by atoms with Crippen molar-refractivity contribution in [2.24, 2.45) is 0 Å². The molecule has 4 nitrogen and oxygen atoms in total. The van der Waals surface area contributed by atoms with Gasteiger partial charge in [-0.25, -0.2) is 0 Å². The Labute approximate surface area is 153 Å². The molecule has 2 aromatic carbocycles. The van der Waals surface area contributed by atoms with Crippen LogP contribution in [0.4, 0.5) is 0 Å². The number of carbonyl (C=O) groups excluding carboxylic acids is 1. The van der Waals surface area contributed by atoms with Crippen molar-refractivity contribution in [3.05, 3.63) is 84.2 Å². The van der Waals surface area contributed by atoms with Gasteiger partial charge in [-0.2, -0.15) is 0 Å². The molecule has 0 saturated heterocycles. The van der Waals surface area contributed by atoms with Crippen LogP contribution in [0.2, 0.25) is 0 Å². The maximum atomic E-state index is 12.4. The van der Waals surface area contributed by atoms with Gasteiger partial charge in [0.2, 0.25) is 0 Å². The summed E-state index contributed by atoms with van der Waals surface area (Å²) in [4.78, 5) is 16.4. The van der Waals surface area contributed by atoms with E-state index in [1.807, 2.05) is 60.7 Å². The topological polar surface area (TPSA) is 51.2 Å². The molecule has 0 unspecified atom stereocenters. The van der Waals surface area contributed by atoms with Gasteiger partial charge in [-0.15, -0.1) is 0 Å². The van der Waals surface area contributed by atoms with Gasteiger partial charge in [0.15, 0.2) is 0 Å². The highest BCUT2D eigenvalue weighted by atomic mass is 16.5. The highest BCUT2D eigenvalue weighted by molar-refractivity contribution is 5.94. The summed E-state index contributed by atoms with van der Waals surface area (Å²) in [7, 11) is 0. The predicted molar refractivity (Wildman–Crippen MR) is 103 cm³/mol. The Morgan fingerprint density at radius 3 is 2.46 bits per heavy atom. The lowest BCUT2D eigenvalue weighted by Crippen LogP contribution is -2.22. The van der Waals surface area contributed by atoms with E-state index in [2.05, 4.69) is 17.2 Å². The number of hydrogen-bond donors (Lipinski definition) is 1. The zero-order chi connectivity index (χ0) is 18.2. The Balaban J connectivity index is 1.60.